The third-order valence-electron chi connectivity index (χ3n) is 3.64. The van der Waals surface area contributed by atoms with Gasteiger partial charge in [-0.2, -0.15) is 4.72 Å². The normalized spacial score (nSPS) is 13.0. The Bertz CT molecular complexity index is 886. The summed E-state index contributed by atoms with van der Waals surface area (Å²) < 4.78 is 27.8. The van der Waals surface area contributed by atoms with Gasteiger partial charge >= 0.3 is 0 Å². The first-order valence-corrected chi connectivity index (χ1v) is 9.40. The standard InChI is InChI=1S/C20H18N2O2S/c23-25(24,16-14-17-9-3-1-4-10-17)22-20(18-11-5-2-6-12-18)19-13-7-8-15-21-19/h1-16,20,22H/b16-14+/t20-/m0/s1. The first kappa shape index (κ1) is 17.1. The summed E-state index contributed by atoms with van der Waals surface area (Å²) in [5.41, 5.74) is 2.30. The van der Waals surface area contributed by atoms with Crippen LogP contribution in [0.25, 0.3) is 6.08 Å². The van der Waals surface area contributed by atoms with Crippen LogP contribution < -0.4 is 4.72 Å². The summed E-state index contributed by atoms with van der Waals surface area (Å²) in [6.45, 7) is 0. The van der Waals surface area contributed by atoms with Crippen LogP contribution in [-0.2, 0) is 10.0 Å². The molecular formula is C20H18N2O2S. The molecule has 0 amide bonds. The molecule has 0 fully saturated rings. The van der Waals surface area contributed by atoms with Crippen molar-refractivity contribution < 1.29 is 8.42 Å². The van der Waals surface area contributed by atoms with E-state index in [1.165, 1.54) is 5.41 Å². The summed E-state index contributed by atoms with van der Waals surface area (Å²) in [7, 11) is -3.65. The minimum atomic E-state index is -3.65. The van der Waals surface area contributed by atoms with Gasteiger partial charge in [0, 0.05) is 11.6 Å². The first-order chi connectivity index (χ1) is 12.1. The monoisotopic (exact) mass is 350 g/mol. The second kappa shape index (κ2) is 7.88. The van der Waals surface area contributed by atoms with E-state index < -0.39 is 16.1 Å². The van der Waals surface area contributed by atoms with Gasteiger partial charge in [0.15, 0.2) is 0 Å². The maximum Gasteiger partial charge on any atom is 0.234 e. The van der Waals surface area contributed by atoms with Crippen LogP contribution in [0.5, 0.6) is 0 Å². The van der Waals surface area contributed by atoms with Gasteiger partial charge in [-0.15, -0.1) is 0 Å². The van der Waals surface area contributed by atoms with Crippen molar-refractivity contribution in [2.24, 2.45) is 0 Å². The summed E-state index contributed by atoms with van der Waals surface area (Å²) >= 11 is 0. The molecule has 126 valence electrons. The van der Waals surface area contributed by atoms with Crippen molar-refractivity contribution in [1.82, 2.24) is 9.71 Å². The maximum absolute atomic E-state index is 12.5. The molecular weight excluding hydrogens is 332 g/mol. The fraction of sp³-hybridized carbons (Fsp3) is 0.0500. The number of benzene rings is 2. The van der Waals surface area contributed by atoms with E-state index in [-0.39, 0.29) is 0 Å². The van der Waals surface area contributed by atoms with Gasteiger partial charge in [0.1, 0.15) is 0 Å². The largest absolute Gasteiger partial charge is 0.259 e. The van der Waals surface area contributed by atoms with Crippen LogP contribution in [0, 0.1) is 0 Å². The Kier molecular flexibility index (Phi) is 5.38. The van der Waals surface area contributed by atoms with Crippen LogP contribution in [0.2, 0.25) is 0 Å². The highest BCUT2D eigenvalue weighted by atomic mass is 32.2. The highest BCUT2D eigenvalue weighted by molar-refractivity contribution is 7.92. The predicted molar refractivity (Wildman–Crippen MR) is 100 cm³/mol. The second-order valence-corrected chi connectivity index (χ2v) is 7.07. The molecule has 1 aromatic heterocycles. The molecule has 0 aliphatic rings. The van der Waals surface area contributed by atoms with Gasteiger partial charge in [-0.3, -0.25) is 4.98 Å². The molecule has 3 rings (SSSR count). The lowest BCUT2D eigenvalue weighted by Crippen LogP contribution is -2.28. The second-order valence-electron chi connectivity index (χ2n) is 5.47. The van der Waals surface area contributed by atoms with E-state index in [0.717, 1.165) is 11.1 Å². The Hall–Kier alpha value is -2.76. The molecule has 2 aromatic carbocycles. The smallest absolute Gasteiger partial charge is 0.234 e. The number of nitrogens with one attached hydrogen (secondary N) is 1. The molecule has 25 heavy (non-hydrogen) atoms. The van der Waals surface area contributed by atoms with Crippen molar-refractivity contribution in [3.8, 4) is 0 Å². The molecule has 3 aromatic rings. The summed E-state index contributed by atoms with van der Waals surface area (Å²) in [5.74, 6) is 0. The minimum Gasteiger partial charge on any atom is -0.259 e. The number of nitrogens with zero attached hydrogens (tertiary/aromatic N) is 1. The van der Waals surface area contributed by atoms with E-state index in [0.29, 0.717) is 5.69 Å². The number of pyridine rings is 1. The van der Waals surface area contributed by atoms with E-state index in [9.17, 15) is 8.42 Å². The van der Waals surface area contributed by atoms with Crippen molar-refractivity contribution in [2.45, 2.75) is 6.04 Å². The average Bonchev–Trinajstić information content (AvgIpc) is 2.67. The summed E-state index contributed by atoms with van der Waals surface area (Å²) in [5, 5.41) is 1.18. The molecule has 1 atom stereocenters. The Balaban J connectivity index is 1.88. The zero-order valence-electron chi connectivity index (χ0n) is 13.5. The first-order valence-electron chi connectivity index (χ1n) is 7.85. The fourth-order valence-corrected chi connectivity index (χ4v) is 3.43. The van der Waals surface area contributed by atoms with Crippen LogP contribution in [0.4, 0.5) is 0 Å². The molecule has 4 nitrogen and oxygen atoms in total. The Labute approximate surface area is 147 Å². The fourth-order valence-electron chi connectivity index (χ4n) is 2.43. The topological polar surface area (TPSA) is 59.1 Å². The van der Waals surface area contributed by atoms with Crippen LogP contribution in [0.1, 0.15) is 22.9 Å². The Morgan fingerprint density at radius 3 is 2.12 bits per heavy atom. The van der Waals surface area contributed by atoms with Gasteiger partial charge in [0.05, 0.1) is 11.7 Å². The third kappa shape index (κ3) is 4.86. The van der Waals surface area contributed by atoms with Crippen molar-refractivity contribution in [3.05, 3.63) is 107 Å². The number of aromatic nitrogens is 1. The zero-order valence-corrected chi connectivity index (χ0v) is 14.3. The zero-order chi connectivity index (χ0) is 17.5. The quantitative estimate of drug-likeness (QED) is 0.736. The lowest BCUT2D eigenvalue weighted by Gasteiger charge is -2.17. The van der Waals surface area contributed by atoms with E-state index in [1.54, 1.807) is 24.4 Å². The van der Waals surface area contributed by atoms with Crippen LogP contribution >= 0.6 is 0 Å². The van der Waals surface area contributed by atoms with Gasteiger partial charge in [0.2, 0.25) is 10.0 Å². The van der Waals surface area contributed by atoms with Crippen LogP contribution in [-0.4, -0.2) is 13.4 Å². The SMILES string of the molecule is O=S(=O)(/C=C/c1ccccc1)N[C@@H](c1ccccc1)c1ccccn1. The number of rotatable bonds is 6. The molecule has 0 aliphatic carbocycles. The van der Waals surface area contributed by atoms with Gasteiger partial charge in [0.25, 0.3) is 0 Å². The van der Waals surface area contributed by atoms with Crippen molar-refractivity contribution in [1.29, 1.82) is 0 Å². The van der Waals surface area contributed by atoms with Crippen LogP contribution in [0.3, 0.4) is 0 Å². The van der Waals surface area contributed by atoms with Gasteiger partial charge in [-0.1, -0.05) is 66.7 Å². The molecule has 0 spiro atoms. The molecule has 0 radical (unpaired) electrons. The average molecular weight is 350 g/mol. The van der Waals surface area contributed by atoms with E-state index in [1.807, 2.05) is 66.7 Å². The lowest BCUT2D eigenvalue weighted by atomic mass is 10.0. The van der Waals surface area contributed by atoms with Crippen molar-refractivity contribution in [2.75, 3.05) is 0 Å². The number of hydrogen-bond acceptors (Lipinski definition) is 3. The number of hydrogen-bond donors (Lipinski definition) is 1. The molecule has 0 saturated heterocycles. The van der Waals surface area contributed by atoms with E-state index in [2.05, 4.69) is 9.71 Å². The Morgan fingerprint density at radius 2 is 1.48 bits per heavy atom. The summed E-state index contributed by atoms with van der Waals surface area (Å²) in [6.07, 6.45) is 3.22. The molecule has 0 aliphatic heterocycles. The predicted octanol–water partition coefficient (Wildman–Crippen LogP) is 3.76. The molecule has 5 heteroatoms. The van der Waals surface area contributed by atoms with Crippen LogP contribution in [0.15, 0.2) is 90.5 Å². The van der Waals surface area contributed by atoms with Gasteiger partial charge in [-0.05, 0) is 29.3 Å². The molecule has 0 bridgehead atoms. The van der Waals surface area contributed by atoms with E-state index in [4.69, 9.17) is 0 Å². The minimum absolute atomic E-state index is 0.548. The van der Waals surface area contributed by atoms with Gasteiger partial charge in [-0.25, -0.2) is 8.42 Å². The van der Waals surface area contributed by atoms with Crippen molar-refractivity contribution in [3.63, 3.8) is 0 Å². The number of sulfonamides is 1. The summed E-state index contributed by atoms with van der Waals surface area (Å²) in [6, 6.07) is 23.6. The summed E-state index contributed by atoms with van der Waals surface area (Å²) in [4.78, 5) is 4.31. The molecule has 0 unspecified atom stereocenters. The van der Waals surface area contributed by atoms with Gasteiger partial charge < -0.3 is 0 Å². The van der Waals surface area contributed by atoms with E-state index >= 15 is 0 Å². The van der Waals surface area contributed by atoms with Crippen molar-refractivity contribution >= 4 is 16.1 Å². The molecule has 1 heterocycles. The maximum atomic E-state index is 12.5. The lowest BCUT2D eigenvalue weighted by molar-refractivity contribution is 0.579. The molecule has 0 saturated carbocycles. The third-order valence-corrected chi connectivity index (χ3v) is 4.70. The highest BCUT2D eigenvalue weighted by Gasteiger charge is 2.20. The Morgan fingerprint density at radius 1 is 0.840 bits per heavy atom. The highest BCUT2D eigenvalue weighted by Crippen LogP contribution is 2.21. The molecule has 1 N–H and O–H groups in total.